The van der Waals surface area contributed by atoms with Crippen LogP contribution >= 0.6 is 0 Å². The highest BCUT2D eigenvalue weighted by Crippen LogP contribution is 2.78. The van der Waals surface area contributed by atoms with Crippen LogP contribution in [-0.4, -0.2) is 121 Å². The van der Waals surface area contributed by atoms with E-state index in [1.165, 1.54) is 45.1 Å². The summed E-state index contributed by atoms with van der Waals surface area (Å²) in [5.41, 5.74) is 5.15. The summed E-state index contributed by atoms with van der Waals surface area (Å²) in [4.78, 5) is 56.0. The molecule has 0 radical (unpaired) electrons. The lowest BCUT2D eigenvalue weighted by Crippen LogP contribution is -2.61. The zero-order valence-corrected chi connectivity index (χ0v) is 46.9. The van der Waals surface area contributed by atoms with Crippen LogP contribution in [0, 0.1) is 45.8 Å². The summed E-state index contributed by atoms with van der Waals surface area (Å²) in [5.74, 6) is 1.90. The largest absolute Gasteiger partial charge is 0.432 e. The number of carbonyl (C=O) groups is 5. The summed E-state index contributed by atoms with van der Waals surface area (Å²) in [6.07, 6.45) is 7.01. The third kappa shape index (κ3) is 19.7. The van der Waals surface area contributed by atoms with Crippen LogP contribution in [0.25, 0.3) is 0 Å². The topological polar surface area (TPSA) is 227 Å². The third-order valence-corrected chi connectivity index (χ3v) is 14.8. The maximum Gasteiger partial charge on any atom is 0.394 e. The lowest BCUT2D eigenvalue weighted by atomic mass is 9.52. The summed E-state index contributed by atoms with van der Waals surface area (Å²) in [6.45, 7) is 25.8. The molecule has 2 aromatic carbocycles. The number of halogens is 2. The number of imide groups is 1. The van der Waals surface area contributed by atoms with Crippen LogP contribution in [0.5, 0.6) is 5.75 Å². The molecular formula is C59H85F2N7O10. The molecule has 1 spiro atoms. The van der Waals surface area contributed by atoms with Gasteiger partial charge in [0.05, 0.1) is 65.0 Å². The SMILES string of the molecule is C=C(C)NCc1ccccc1OC(C)(F)F.C=C/C(C#N)=C(\C)NCC12CC3CC4C(NCCOCCOCCOCCOCCNC(=O)CNc5ccc(C=O)c(C(C)=O)c5)C(C1)C4(C3)C2.CC.CC1CCC(=O)NC1=O. The molecule has 430 valence electrons. The average molecular weight is 1090 g/mol. The van der Waals surface area contributed by atoms with Crippen molar-refractivity contribution in [2.75, 3.05) is 84.4 Å². The van der Waals surface area contributed by atoms with E-state index in [0.29, 0.717) is 130 Å². The molecule has 5 aliphatic rings. The zero-order chi connectivity index (χ0) is 57.3. The first kappa shape index (κ1) is 64.5. The second-order valence-electron chi connectivity index (χ2n) is 20.7. The number of aldehydes is 1. The van der Waals surface area contributed by atoms with Crippen molar-refractivity contribution in [2.24, 2.45) is 34.5 Å². The minimum Gasteiger partial charge on any atom is -0.432 e. The number of para-hydroxylation sites is 1. The summed E-state index contributed by atoms with van der Waals surface area (Å²) < 4.78 is 52.5. The predicted octanol–water partition coefficient (Wildman–Crippen LogP) is 8.04. The van der Waals surface area contributed by atoms with E-state index in [2.05, 4.69) is 55.9 Å². The Balaban J connectivity index is 0.000000395. The molecular weight excluding hydrogens is 1000 g/mol. The molecule has 3 amide bonds. The standard InChI is InChI=1S/C39H55N5O7.C12H15F2NO.C6H9NO2.C2H6/c1-4-30(22-40)27(2)44-26-38-19-29-17-34-37(35(21-38)39(34,20-29)25-38)42-8-10-49-12-14-51-16-15-50-13-11-48-9-7-41-36(47)23-43-32-6-5-31(24-45)33(18-32)28(3)46;1-9(2)15-8-10-6-4-5-7-11(10)16-12(3,13)14;1-4-2-3-5(8)7-6(4)9;1-2/h4-6,18,24,29,34-35,37,42-44H,1,7-17,19-21,23,25-26H2,2-3H3,(H,41,47);4-7,15H,1,8H2,2-3H3;4H,2-3H2,1H3,(H,7,8,9);1-2H3/b30-27-;;;. The first-order valence-corrected chi connectivity index (χ1v) is 27.3. The van der Waals surface area contributed by atoms with Gasteiger partial charge >= 0.3 is 6.11 Å². The smallest absolute Gasteiger partial charge is 0.394 e. The molecule has 2 aromatic rings. The molecule has 78 heavy (non-hydrogen) atoms. The fraction of sp³-hybridized carbons (Fsp3) is 0.593. The highest BCUT2D eigenvalue weighted by molar-refractivity contribution is 6.02. The highest BCUT2D eigenvalue weighted by atomic mass is 19.3. The number of nitrogens with one attached hydrogen (secondary N) is 6. The van der Waals surface area contributed by atoms with Crippen molar-refractivity contribution in [2.45, 2.75) is 112 Å². The maximum atomic E-state index is 12.7. The number of nitrogens with zero attached hydrogens (tertiary/aromatic N) is 1. The molecule has 7 unspecified atom stereocenters. The number of benzene rings is 2. The van der Waals surface area contributed by atoms with Crippen LogP contribution in [0.1, 0.15) is 120 Å². The summed E-state index contributed by atoms with van der Waals surface area (Å²) in [6, 6.07) is 14.3. The fourth-order valence-corrected chi connectivity index (χ4v) is 11.5. The Morgan fingerprint density at radius 3 is 2.14 bits per heavy atom. The van der Waals surface area contributed by atoms with Gasteiger partial charge in [-0.25, -0.2) is 0 Å². The highest BCUT2D eigenvalue weighted by Gasteiger charge is 2.74. The van der Waals surface area contributed by atoms with Crippen LogP contribution in [0.4, 0.5) is 14.5 Å². The van der Waals surface area contributed by atoms with Gasteiger partial charge in [0, 0.05) is 85.3 Å². The number of amides is 3. The quantitative estimate of drug-likeness (QED) is 0.0109. The Labute approximate surface area is 460 Å². The average Bonchev–Trinajstić information content (AvgIpc) is 4.04. The second kappa shape index (κ2) is 32.1. The second-order valence-corrected chi connectivity index (χ2v) is 20.7. The van der Waals surface area contributed by atoms with Gasteiger partial charge in [0.25, 0.3) is 0 Å². The number of anilines is 1. The molecule has 0 aromatic heterocycles. The molecule has 17 nitrogen and oxygen atoms in total. The third-order valence-electron chi connectivity index (χ3n) is 14.8. The normalized spacial score (nSPS) is 23.3. The van der Waals surface area contributed by atoms with Gasteiger partial charge in [0.1, 0.15) is 11.8 Å². The number of piperidine rings is 1. The summed E-state index contributed by atoms with van der Waals surface area (Å²) in [5, 5.41) is 27.8. The van der Waals surface area contributed by atoms with Crippen molar-refractivity contribution in [3.05, 3.63) is 95.4 Å². The number of hydrogen-bond acceptors (Lipinski definition) is 15. The fourth-order valence-electron chi connectivity index (χ4n) is 11.5. The number of carbonyl (C=O) groups excluding carboxylic acids is 5. The molecule has 1 saturated heterocycles. The lowest BCUT2D eigenvalue weighted by molar-refractivity contribution is -0.159. The van der Waals surface area contributed by atoms with Gasteiger partial charge in [0.15, 0.2) is 12.1 Å². The molecule has 3 bridgehead atoms. The number of alkyl halides is 2. The van der Waals surface area contributed by atoms with Crippen molar-refractivity contribution in [3.8, 4) is 11.8 Å². The zero-order valence-electron chi connectivity index (χ0n) is 46.9. The van der Waals surface area contributed by atoms with Crippen LogP contribution in [0.15, 0.2) is 78.7 Å². The minimum atomic E-state index is -3.17. The number of hydrogen-bond donors (Lipinski definition) is 6. The molecule has 7 rings (SSSR count). The van der Waals surface area contributed by atoms with Gasteiger partial charge in [-0.3, -0.25) is 29.3 Å². The summed E-state index contributed by atoms with van der Waals surface area (Å²) >= 11 is 0. The van der Waals surface area contributed by atoms with Crippen molar-refractivity contribution in [1.29, 1.82) is 5.26 Å². The van der Waals surface area contributed by atoms with Gasteiger partial charge in [-0.15, -0.1) is 0 Å². The molecule has 4 saturated carbocycles. The van der Waals surface area contributed by atoms with Gasteiger partial charge < -0.3 is 50.3 Å². The van der Waals surface area contributed by atoms with Gasteiger partial charge in [0.2, 0.25) is 17.7 Å². The van der Waals surface area contributed by atoms with Gasteiger partial charge in [-0.1, -0.05) is 52.1 Å². The number of ketones is 1. The van der Waals surface area contributed by atoms with Crippen molar-refractivity contribution in [1.82, 2.24) is 26.6 Å². The van der Waals surface area contributed by atoms with E-state index in [-0.39, 0.29) is 41.7 Å². The number of fused-ring (bicyclic) bond motifs is 2. The van der Waals surface area contributed by atoms with Crippen molar-refractivity contribution in [3.63, 3.8) is 0 Å². The van der Waals surface area contributed by atoms with Gasteiger partial charge in [-0.2, -0.15) is 14.0 Å². The Kier molecular flexibility index (Phi) is 26.6. The van der Waals surface area contributed by atoms with Crippen LogP contribution in [-0.2, 0) is 39.9 Å². The number of nitriles is 1. The van der Waals surface area contributed by atoms with E-state index in [0.717, 1.165) is 49.2 Å². The monoisotopic (exact) mass is 1090 g/mol. The Hall–Kier alpha value is -6.04. The Morgan fingerprint density at radius 2 is 1.55 bits per heavy atom. The predicted molar refractivity (Wildman–Crippen MR) is 296 cm³/mol. The number of rotatable bonds is 30. The lowest BCUT2D eigenvalue weighted by Gasteiger charge is -2.56. The minimum absolute atomic E-state index is 0.0164. The first-order chi connectivity index (χ1) is 37.3. The first-order valence-electron chi connectivity index (χ1n) is 27.3. The van der Waals surface area contributed by atoms with Crippen molar-refractivity contribution >= 4 is 35.5 Å². The van der Waals surface area contributed by atoms with Crippen LogP contribution in [0.3, 0.4) is 0 Å². The van der Waals surface area contributed by atoms with E-state index in [9.17, 15) is 38.0 Å². The van der Waals surface area contributed by atoms with Crippen LogP contribution in [0.2, 0.25) is 0 Å². The molecule has 4 aliphatic carbocycles. The van der Waals surface area contributed by atoms with Crippen molar-refractivity contribution < 1.29 is 56.4 Å². The number of ether oxygens (including phenoxy) is 5. The number of Topliss-reactive ketones (excluding diaryl/α,β-unsaturated/α-hetero) is 1. The Morgan fingerprint density at radius 1 is 0.897 bits per heavy atom. The molecule has 1 aliphatic heterocycles. The molecule has 6 N–H and O–H groups in total. The molecule has 19 heteroatoms. The van der Waals surface area contributed by atoms with E-state index in [1.54, 1.807) is 49.4 Å². The van der Waals surface area contributed by atoms with E-state index < -0.39 is 6.11 Å². The van der Waals surface area contributed by atoms with Gasteiger partial charge in [-0.05, 0) is 118 Å². The van der Waals surface area contributed by atoms with E-state index in [4.69, 9.17) is 18.9 Å². The van der Waals surface area contributed by atoms with E-state index in [1.807, 2.05) is 27.7 Å². The Bertz CT molecular complexity index is 2410. The van der Waals surface area contributed by atoms with Crippen LogP contribution < -0.4 is 36.6 Å². The molecule has 5 fully saturated rings. The van der Waals surface area contributed by atoms with E-state index >= 15 is 0 Å². The summed E-state index contributed by atoms with van der Waals surface area (Å²) in [7, 11) is 0. The maximum absolute atomic E-state index is 12.7. The molecule has 1 heterocycles. The number of allylic oxidation sites excluding steroid dienone is 4. The molecule has 7 atom stereocenters.